The van der Waals surface area contributed by atoms with Gasteiger partial charge in [-0.25, -0.2) is 4.68 Å². The number of aromatic nitrogens is 2. The van der Waals surface area contributed by atoms with Crippen molar-refractivity contribution in [2.24, 2.45) is 5.92 Å². The van der Waals surface area contributed by atoms with E-state index in [0.29, 0.717) is 18.4 Å². The number of hydrogen-bond acceptors (Lipinski definition) is 3. The maximum atomic E-state index is 12.8. The van der Waals surface area contributed by atoms with Gasteiger partial charge in [0.15, 0.2) is 0 Å². The Hall–Kier alpha value is -2.63. The smallest absolute Gasteiger partial charge is 0.308 e. The van der Waals surface area contributed by atoms with Crippen LogP contribution in [0.3, 0.4) is 0 Å². The molecule has 1 heterocycles. The normalized spacial score (nSPS) is 20.4. The van der Waals surface area contributed by atoms with Crippen molar-refractivity contribution in [2.45, 2.75) is 52.0 Å². The number of nitrogens with zero attached hydrogens (tertiary/aromatic N) is 2. The highest BCUT2D eigenvalue weighted by Gasteiger charge is 2.31. The van der Waals surface area contributed by atoms with Crippen LogP contribution in [-0.2, 0) is 4.79 Å². The van der Waals surface area contributed by atoms with Crippen molar-refractivity contribution in [2.75, 3.05) is 0 Å². The van der Waals surface area contributed by atoms with Crippen molar-refractivity contribution in [1.29, 1.82) is 0 Å². The summed E-state index contributed by atoms with van der Waals surface area (Å²) in [5, 5.41) is 16.8. The molecule has 0 unspecified atom stereocenters. The highest BCUT2D eigenvalue weighted by atomic mass is 16.4. The Morgan fingerprint density at radius 2 is 1.88 bits per heavy atom. The number of carboxylic acid groups (broad SMARTS) is 1. The van der Waals surface area contributed by atoms with Gasteiger partial charge in [-0.2, -0.15) is 5.10 Å². The molecule has 1 amide bonds. The third-order valence-electron chi connectivity index (χ3n) is 5.25. The number of nitrogens with one attached hydrogen (secondary N) is 1. The fraction of sp³-hybridized carbons (Fsp3) is 0.450. The van der Waals surface area contributed by atoms with E-state index in [4.69, 9.17) is 0 Å². The Bertz CT molecular complexity index is 812. The highest BCUT2D eigenvalue weighted by molar-refractivity contribution is 5.95. The molecule has 0 radical (unpaired) electrons. The molecule has 1 fully saturated rings. The summed E-state index contributed by atoms with van der Waals surface area (Å²) < 4.78 is 1.76. The monoisotopic (exact) mass is 355 g/mol. The van der Waals surface area contributed by atoms with Crippen molar-refractivity contribution in [3.8, 4) is 5.69 Å². The Kier molecular flexibility index (Phi) is 5.40. The third kappa shape index (κ3) is 3.64. The van der Waals surface area contributed by atoms with Gasteiger partial charge in [0.2, 0.25) is 0 Å². The molecular weight excluding hydrogens is 330 g/mol. The molecular formula is C20H25N3O3. The zero-order chi connectivity index (χ0) is 18.7. The van der Waals surface area contributed by atoms with E-state index < -0.39 is 11.9 Å². The van der Waals surface area contributed by atoms with Crippen LogP contribution in [0.15, 0.2) is 30.5 Å². The zero-order valence-electron chi connectivity index (χ0n) is 15.2. The zero-order valence-corrected chi connectivity index (χ0v) is 15.2. The van der Waals surface area contributed by atoms with E-state index in [1.54, 1.807) is 10.9 Å². The molecule has 6 heteroatoms. The number of para-hydroxylation sites is 1. The Morgan fingerprint density at radius 3 is 2.62 bits per heavy atom. The maximum absolute atomic E-state index is 12.8. The first-order valence-electron chi connectivity index (χ1n) is 9.13. The number of carbonyl (C=O) groups is 2. The maximum Gasteiger partial charge on any atom is 0.308 e. The second kappa shape index (κ2) is 7.72. The van der Waals surface area contributed by atoms with Gasteiger partial charge in [0, 0.05) is 6.04 Å². The van der Waals surface area contributed by atoms with E-state index in [0.717, 1.165) is 36.2 Å². The van der Waals surface area contributed by atoms with Gasteiger partial charge in [0.05, 0.1) is 29.1 Å². The first-order valence-corrected chi connectivity index (χ1v) is 9.13. The van der Waals surface area contributed by atoms with E-state index in [2.05, 4.69) is 10.4 Å². The van der Waals surface area contributed by atoms with Gasteiger partial charge in [0.1, 0.15) is 0 Å². The molecule has 26 heavy (non-hydrogen) atoms. The molecule has 1 aromatic carbocycles. The number of aryl methyl sites for hydroxylation is 1. The number of amides is 1. The quantitative estimate of drug-likeness (QED) is 0.825. The first kappa shape index (κ1) is 18.2. The molecule has 0 spiro atoms. The molecule has 1 aliphatic rings. The molecule has 6 nitrogen and oxygen atoms in total. The lowest BCUT2D eigenvalue weighted by Crippen LogP contribution is -2.43. The van der Waals surface area contributed by atoms with Crippen LogP contribution in [-0.4, -0.2) is 32.8 Å². The molecule has 2 atom stereocenters. The molecule has 0 bridgehead atoms. The Labute approximate surface area is 153 Å². The molecule has 1 saturated carbocycles. The van der Waals surface area contributed by atoms with E-state index >= 15 is 0 Å². The van der Waals surface area contributed by atoms with Crippen molar-refractivity contribution in [1.82, 2.24) is 15.1 Å². The lowest BCUT2D eigenvalue weighted by atomic mass is 9.94. The van der Waals surface area contributed by atoms with Gasteiger partial charge in [-0.3, -0.25) is 9.59 Å². The van der Waals surface area contributed by atoms with Crippen molar-refractivity contribution >= 4 is 11.9 Å². The van der Waals surface area contributed by atoms with Crippen LogP contribution in [0.25, 0.3) is 5.69 Å². The second-order valence-electron chi connectivity index (χ2n) is 7.00. The third-order valence-corrected chi connectivity index (χ3v) is 5.25. The standard InChI is InChI=1S/C20H25N3O3/c1-13-8-6-7-11-18(13)23-14(2)16(12-21-23)19(24)22-17-10-5-3-4-9-15(17)20(25)26/h6-8,11-12,15,17H,3-5,9-10H2,1-2H3,(H,22,24)(H,25,26)/t15-,17+/m1/s1. The fourth-order valence-corrected chi connectivity index (χ4v) is 3.70. The predicted molar refractivity (Wildman–Crippen MR) is 98.5 cm³/mol. The summed E-state index contributed by atoms with van der Waals surface area (Å²) in [6.45, 7) is 3.86. The average molecular weight is 355 g/mol. The molecule has 2 aromatic rings. The largest absolute Gasteiger partial charge is 0.481 e. The summed E-state index contributed by atoms with van der Waals surface area (Å²) in [7, 11) is 0. The second-order valence-corrected chi connectivity index (χ2v) is 7.00. The van der Waals surface area contributed by atoms with Crippen molar-refractivity contribution in [3.63, 3.8) is 0 Å². The molecule has 0 saturated heterocycles. The van der Waals surface area contributed by atoms with Crippen molar-refractivity contribution in [3.05, 3.63) is 47.3 Å². The lowest BCUT2D eigenvalue weighted by Gasteiger charge is -2.22. The van der Waals surface area contributed by atoms with Crippen LogP contribution in [0.5, 0.6) is 0 Å². The minimum Gasteiger partial charge on any atom is -0.481 e. The van der Waals surface area contributed by atoms with Crippen LogP contribution in [0.1, 0.15) is 53.7 Å². The number of carboxylic acids is 1. The van der Waals surface area contributed by atoms with Crippen LogP contribution in [0.2, 0.25) is 0 Å². The summed E-state index contributed by atoms with van der Waals surface area (Å²) >= 11 is 0. The van der Waals surface area contributed by atoms with Gasteiger partial charge in [-0.1, -0.05) is 37.5 Å². The van der Waals surface area contributed by atoms with Gasteiger partial charge in [0.25, 0.3) is 5.91 Å². The summed E-state index contributed by atoms with van der Waals surface area (Å²) in [6.07, 6.45) is 5.73. The van der Waals surface area contributed by atoms with Gasteiger partial charge < -0.3 is 10.4 Å². The van der Waals surface area contributed by atoms with E-state index in [9.17, 15) is 14.7 Å². The van der Waals surface area contributed by atoms with Crippen LogP contribution in [0.4, 0.5) is 0 Å². The van der Waals surface area contributed by atoms with Gasteiger partial charge in [-0.05, 0) is 38.3 Å². The van der Waals surface area contributed by atoms with Crippen molar-refractivity contribution < 1.29 is 14.7 Å². The van der Waals surface area contributed by atoms with E-state index in [1.165, 1.54) is 0 Å². The summed E-state index contributed by atoms with van der Waals surface area (Å²) in [4.78, 5) is 24.3. The van der Waals surface area contributed by atoms with Crippen LogP contribution < -0.4 is 5.32 Å². The molecule has 2 N–H and O–H groups in total. The lowest BCUT2D eigenvalue weighted by molar-refractivity contribution is -0.142. The number of aliphatic carboxylic acids is 1. The minimum absolute atomic E-state index is 0.250. The van der Waals surface area contributed by atoms with E-state index in [1.807, 2.05) is 38.1 Å². The van der Waals surface area contributed by atoms with Gasteiger partial charge >= 0.3 is 5.97 Å². The molecule has 0 aliphatic heterocycles. The molecule has 3 rings (SSSR count). The molecule has 1 aromatic heterocycles. The summed E-state index contributed by atoms with van der Waals surface area (Å²) in [6, 6.07) is 7.53. The first-order chi connectivity index (χ1) is 12.5. The SMILES string of the molecule is Cc1ccccc1-n1ncc(C(=O)N[C@H]2CCCCC[C@H]2C(=O)O)c1C. The van der Waals surface area contributed by atoms with E-state index in [-0.39, 0.29) is 11.9 Å². The highest BCUT2D eigenvalue weighted by Crippen LogP contribution is 2.25. The minimum atomic E-state index is -0.829. The predicted octanol–water partition coefficient (Wildman–Crippen LogP) is 3.25. The summed E-state index contributed by atoms with van der Waals surface area (Å²) in [5.74, 6) is -1.60. The van der Waals surface area contributed by atoms with Crippen LogP contribution >= 0.6 is 0 Å². The number of hydrogen-bond donors (Lipinski definition) is 2. The molecule has 138 valence electrons. The van der Waals surface area contributed by atoms with Crippen LogP contribution in [0, 0.1) is 19.8 Å². The number of rotatable bonds is 4. The average Bonchev–Trinajstić information content (AvgIpc) is 2.83. The van der Waals surface area contributed by atoms with Gasteiger partial charge in [-0.15, -0.1) is 0 Å². The number of benzene rings is 1. The number of carbonyl (C=O) groups excluding carboxylic acids is 1. The Morgan fingerprint density at radius 1 is 1.15 bits per heavy atom. The fourth-order valence-electron chi connectivity index (χ4n) is 3.70. The molecule has 1 aliphatic carbocycles. The Balaban J connectivity index is 1.82. The topological polar surface area (TPSA) is 84.2 Å². The summed E-state index contributed by atoms with van der Waals surface area (Å²) in [5.41, 5.74) is 3.24.